The van der Waals surface area contributed by atoms with Crippen LogP contribution in [0.3, 0.4) is 0 Å². The summed E-state index contributed by atoms with van der Waals surface area (Å²) in [4.78, 5) is 16.6. The third-order valence-corrected chi connectivity index (χ3v) is 6.27. The minimum absolute atomic E-state index is 0.0228. The van der Waals surface area contributed by atoms with Crippen molar-refractivity contribution in [3.05, 3.63) is 78.1 Å². The number of aryl methyl sites for hydroxylation is 1. The van der Waals surface area contributed by atoms with Crippen molar-refractivity contribution in [1.82, 2.24) is 10.3 Å². The summed E-state index contributed by atoms with van der Waals surface area (Å²) < 4.78 is 5.29. The second-order valence-electron chi connectivity index (χ2n) is 9.31. The van der Waals surface area contributed by atoms with Crippen LogP contribution in [-0.2, 0) is 11.2 Å². The fourth-order valence-corrected chi connectivity index (χ4v) is 4.17. The first-order valence-electron chi connectivity index (χ1n) is 13.3. The first-order valence-corrected chi connectivity index (χ1v) is 13.3. The predicted octanol–water partition coefficient (Wildman–Crippen LogP) is 7.70. The summed E-state index contributed by atoms with van der Waals surface area (Å²) >= 11 is 0. The summed E-state index contributed by atoms with van der Waals surface area (Å²) in [6.07, 6.45) is 22.1. The lowest BCUT2D eigenvalue weighted by atomic mass is 9.98. The molecule has 4 nitrogen and oxygen atoms in total. The van der Waals surface area contributed by atoms with Gasteiger partial charge >= 0.3 is 0 Å². The Kier molecular flexibility index (Phi) is 14.2. The quantitative estimate of drug-likeness (QED) is 0.145. The van der Waals surface area contributed by atoms with Gasteiger partial charge in [-0.1, -0.05) is 75.8 Å². The highest BCUT2D eigenvalue weighted by Crippen LogP contribution is 2.24. The molecule has 1 aromatic carbocycles. The largest absolute Gasteiger partial charge is 0.497 e. The summed E-state index contributed by atoms with van der Waals surface area (Å²) in [5.41, 5.74) is 3.75. The molecule has 1 atom stereocenters. The van der Waals surface area contributed by atoms with Gasteiger partial charge in [0.25, 0.3) is 0 Å². The van der Waals surface area contributed by atoms with E-state index in [1.165, 1.54) is 55.2 Å². The van der Waals surface area contributed by atoms with E-state index < -0.39 is 0 Å². The van der Waals surface area contributed by atoms with Crippen LogP contribution in [0.25, 0.3) is 5.57 Å². The molecule has 1 amide bonds. The van der Waals surface area contributed by atoms with Crippen LogP contribution in [0.4, 0.5) is 0 Å². The zero-order chi connectivity index (χ0) is 25.1. The molecule has 0 unspecified atom stereocenters. The fraction of sp³-hybridized carbons (Fsp3) is 0.484. The van der Waals surface area contributed by atoms with Crippen molar-refractivity contribution in [1.29, 1.82) is 0 Å². The number of nitrogens with one attached hydrogen (secondary N) is 1. The van der Waals surface area contributed by atoms with Crippen LogP contribution in [0.1, 0.15) is 89.2 Å². The minimum Gasteiger partial charge on any atom is -0.497 e. The molecular weight excluding hydrogens is 432 g/mol. The van der Waals surface area contributed by atoms with Crippen LogP contribution in [0, 0.1) is 0 Å². The molecule has 0 radical (unpaired) electrons. The molecule has 0 spiro atoms. The van der Waals surface area contributed by atoms with Crippen molar-refractivity contribution < 1.29 is 9.53 Å². The second-order valence-corrected chi connectivity index (χ2v) is 9.31. The van der Waals surface area contributed by atoms with Gasteiger partial charge in [0.1, 0.15) is 5.75 Å². The number of nitrogens with zero attached hydrogens (tertiary/aromatic N) is 1. The van der Waals surface area contributed by atoms with Crippen molar-refractivity contribution in [2.75, 3.05) is 7.11 Å². The number of benzene rings is 1. The number of amides is 1. The topological polar surface area (TPSA) is 51.2 Å². The van der Waals surface area contributed by atoms with E-state index in [2.05, 4.69) is 48.4 Å². The molecule has 2 rings (SSSR count). The molecule has 1 heterocycles. The molecule has 2 aromatic rings. The van der Waals surface area contributed by atoms with E-state index >= 15 is 0 Å². The van der Waals surface area contributed by atoms with E-state index in [0.29, 0.717) is 0 Å². The number of carbonyl (C=O) groups excluding carboxylic acids is 1. The SMILES string of the molecule is CCCCCCC(=CC=CC(=O)N[C@H](C)CCCCCCc1cccnc1)c1ccc(OC)cc1. The number of hydrogen-bond donors (Lipinski definition) is 1. The Morgan fingerprint density at radius 2 is 1.80 bits per heavy atom. The normalized spacial score (nSPS) is 12.6. The van der Waals surface area contributed by atoms with Gasteiger partial charge in [-0.05, 0) is 73.9 Å². The van der Waals surface area contributed by atoms with Crippen molar-refractivity contribution in [2.45, 2.75) is 90.5 Å². The predicted molar refractivity (Wildman–Crippen MR) is 148 cm³/mol. The number of carbonyl (C=O) groups is 1. The number of hydrogen-bond acceptors (Lipinski definition) is 3. The van der Waals surface area contributed by atoms with Crippen LogP contribution in [0.15, 0.2) is 67.0 Å². The zero-order valence-electron chi connectivity index (χ0n) is 22.0. The van der Waals surface area contributed by atoms with E-state index in [0.717, 1.165) is 37.9 Å². The highest BCUT2D eigenvalue weighted by atomic mass is 16.5. The van der Waals surface area contributed by atoms with Crippen LogP contribution in [0.2, 0.25) is 0 Å². The molecule has 0 aliphatic carbocycles. The van der Waals surface area contributed by atoms with E-state index in [9.17, 15) is 4.79 Å². The number of pyridine rings is 1. The van der Waals surface area contributed by atoms with Crippen molar-refractivity contribution in [3.63, 3.8) is 0 Å². The lowest BCUT2D eigenvalue weighted by Gasteiger charge is -2.12. The number of methoxy groups -OCH3 is 1. The molecule has 0 bridgehead atoms. The molecule has 1 aromatic heterocycles. The summed E-state index contributed by atoms with van der Waals surface area (Å²) in [5.74, 6) is 0.835. The fourth-order valence-electron chi connectivity index (χ4n) is 4.17. The van der Waals surface area contributed by atoms with E-state index in [1.807, 2.05) is 36.7 Å². The molecule has 0 saturated heterocycles. The molecule has 0 fully saturated rings. The van der Waals surface area contributed by atoms with Gasteiger partial charge in [-0.3, -0.25) is 9.78 Å². The molecule has 1 N–H and O–H groups in total. The highest BCUT2D eigenvalue weighted by molar-refractivity contribution is 5.88. The molecule has 0 aliphatic heterocycles. The van der Waals surface area contributed by atoms with Crippen molar-refractivity contribution in [3.8, 4) is 5.75 Å². The van der Waals surface area contributed by atoms with Gasteiger partial charge in [0.15, 0.2) is 0 Å². The lowest BCUT2D eigenvalue weighted by molar-refractivity contribution is -0.117. The van der Waals surface area contributed by atoms with Gasteiger partial charge < -0.3 is 10.1 Å². The maximum absolute atomic E-state index is 12.4. The van der Waals surface area contributed by atoms with Crippen LogP contribution in [-0.4, -0.2) is 24.0 Å². The Bertz CT molecular complexity index is 888. The molecule has 190 valence electrons. The maximum Gasteiger partial charge on any atom is 0.244 e. The Hall–Kier alpha value is -2.88. The van der Waals surface area contributed by atoms with E-state index in [-0.39, 0.29) is 11.9 Å². The highest BCUT2D eigenvalue weighted by Gasteiger charge is 2.05. The molecule has 4 heteroatoms. The maximum atomic E-state index is 12.4. The van der Waals surface area contributed by atoms with Gasteiger partial charge in [0.05, 0.1) is 7.11 Å². The van der Waals surface area contributed by atoms with E-state index in [4.69, 9.17) is 4.74 Å². The first-order chi connectivity index (χ1) is 17.1. The first kappa shape index (κ1) is 28.4. The van der Waals surface area contributed by atoms with Crippen LogP contribution >= 0.6 is 0 Å². The molecule has 0 saturated carbocycles. The Labute approximate surface area is 212 Å². The number of rotatable bonds is 17. The standard InChI is InChI=1S/C31H44N2O2/c1-4-5-6-11-17-28(29-20-22-30(35-3)23-21-29)18-12-19-31(34)33-26(2)14-9-7-8-10-15-27-16-13-24-32-25-27/h12-13,16,18-26H,4-11,14-15,17H2,1-3H3,(H,33,34)/t26-/m1/s1. The van der Waals surface area contributed by atoms with Crippen LogP contribution in [0.5, 0.6) is 5.75 Å². The monoisotopic (exact) mass is 476 g/mol. The lowest BCUT2D eigenvalue weighted by Crippen LogP contribution is -2.30. The average Bonchev–Trinajstić information content (AvgIpc) is 2.88. The zero-order valence-corrected chi connectivity index (χ0v) is 22.0. The summed E-state index contributed by atoms with van der Waals surface area (Å²) in [7, 11) is 1.68. The van der Waals surface area contributed by atoms with Gasteiger partial charge in [0, 0.05) is 24.5 Å². The van der Waals surface area contributed by atoms with Crippen LogP contribution < -0.4 is 10.1 Å². The third kappa shape index (κ3) is 12.4. The molecule has 35 heavy (non-hydrogen) atoms. The second kappa shape index (κ2) is 17.5. The minimum atomic E-state index is -0.0228. The van der Waals surface area contributed by atoms with Gasteiger partial charge in [-0.15, -0.1) is 0 Å². The Morgan fingerprint density at radius 3 is 2.51 bits per heavy atom. The number of allylic oxidation sites excluding steroid dienone is 3. The number of ether oxygens (including phenoxy) is 1. The smallest absolute Gasteiger partial charge is 0.244 e. The van der Waals surface area contributed by atoms with Gasteiger partial charge in [0.2, 0.25) is 5.91 Å². The summed E-state index contributed by atoms with van der Waals surface area (Å²) in [6.45, 7) is 4.32. The third-order valence-electron chi connectivity index (χ3n) is 6.27. The number of unbranched alkanes of at least 4 members (excludes halogenated alkanes) is 6. The summed E-state index contributed by atoms with van der Waals surface area (Å²) in [6, 6.07) is 12.5. The van der Waals surface area contributed by atoms with Gasteiger partial charge in [-0.25, -0.2) is 0 Å². The van der Waals surface area contributed by atoms with Gasteiger partial charge in [-0.2, -0.15) is 0 Å². The molecule has 0 aliphatic rings. The average molecular weight is 477 g/mol. The van der Waals surface area contributed by atoms with Crippen molar-refractivity contribution in [2.24, 2.45) is 0 Å². The number of aromatic nitrogens is 1. The Balaban J connectivity index is 1.74. The Morgan fingerprint density at radius 1 is 1.03 bits per heavy atom. The van der Waals surface area contributed by atoms with Crippen molar-refractivity contribution >= 4 is 11.5 Å². The van der Waals surface area contributed by atoms with E-state index in [1.54, 1.807) is 13.2 Å². The molecular formula is C31H44N2O2. The summed E-state index contributed by atoms with van der Waals surface area (Å²) in [5, 5.41) is 3.11.